The molecule has 2 nitrogen and oxygen atoms in total. The van der Waals surface area contributed by atoms with Crippen molar-refractivity contribution >= 4 is 0 Å². The van der Waals surface area contributed by atoms with Crippen molar-refractivity contribution in [2.45, 2.75) is 32.2 Å². The SMILES string of the molecule is Cc1ccc(CCN2CCC[C@@H]2CO)cc1. The third-order valence-electron chi connectivity index (χ3n) is 3.52. The summed E-state index contributed by atoms with van der Waals surface area (Å²) in [6.45, 7) is 4.66. The van der Waals surface area contributed by atoms with Crippen LogP contribution in [-0.4, -0.2) is 35.7 Å². The van der Waals surface area contributed by atoms with E-state index in [4.69, 9.17) is 0 Å². The van der Waals surface area contributed by atoms with Crippen molar-refractivity contribution in [2.75, 3.05) is 19.7 Å². The van der Waals surface area contributed by atoms with E-state index in [1.165, 1.54) is 17.5 Å². The molecule has 0 unspecified atom stereocenters. The summed E-state index contributed by atoms with van der Waals surface area (Å²) in [4.78, 5) is 2.42. The molecular formula is C14H21NO. The van der Waals surface area contributed by atoms with E-state index in [0.29, 0.717) is 12.6 Å². The van der Waals surface area contributed by atoms with Gasteiger partial charge in [-0.25, -0.2) is 0 Å². The molecule has 88 valence electrons. The van der Waals surface area contributed by atoms with Gasteiger partial charge in [-0.2, -0.15) is 0 Å². The zero-order chi connectivity index (χ0) is 11.4. The first-order valence-corrected chi connectivity index (χ1v) is 6.20. The maximum atomic E-state index is 9.23. The number of rotatable bonds is 4. The van der Waals surface area contributed by atoms with Crippen LogP contribution in [0.1, 0.15) is 24.0 Å². The molecule has 2 rings (SSSR count). The molecule has 0 aromatic heterocycles. The Balaban J connectivity index is 1.85. The van der Waals surface area contributed by atoms with Crippen molar-refractivity contribution in [3.63, 3.8) is 0 Å². The van der Waals surface area contributed by atoms with Gasteiger partial charge in [0.05, 0.1) is 6.61 Å². The molecule has 0 spiro atoms. The Kier molecular flexibility index (Phi) is 3.97. The first kappa shape index (κ1) is 11.6. The van der Waals surface area contributed by atoms with Crippen LogP contribution < -0.4 is 0 Å². The zero-order valence-corrected chi connectivity index (χ0v) is 10.0. The fraction of sp³-hybridized carbons (Fsp3) is 0.571. The van der Waals surface area contributed by atoms with Crippen molar-refractivity contribution in [2.24, 2.45) is 0 Å². The van der Waals surface area contributed by atoms with E-state index in [2.05, 4.69) is 36.1 Å². The van der Waals surface area contributed by atoms with Crippen molar-refractivity contribution in [1.82, 2.24) is 4.90 Å². The van der Waals surface area contributed by atoms with Crippen molar-refractivity contribution in [3.05, 3.63) is 35.4 Å². The number of hydrogen-bond acceptors (Lipinski definition) is 2. The van der Waals surface area contributed by atoms with Crippen LogP contribution >= 0.6 is 0 Å². The number of nitrogens with zero attached hydrogens (tertiary/aromatic N) is 1. The van der Waals surface area contributed by atoms with Crippen LogP contribution in [0.15, 0.2) is 24.3 Å². The molecule has 2 heteroatoms. The Bertz CT molecular complexity index is 320. The summed E-state index contributed by atoms with van der Waals surface area (Å²) in [5.74, 6) is 0. The lowest BCUT2D eigenvalue weighted by Gasteiger charge is -2.22. The molecule has 0 saturated carbocycles. The number of benzene rings is 1. The second kappa shape index (κ2) is 5.46. The highest BCUT2D eigenvalue weighted by Crippen LogP contribution is 2.17. The maximum absolute atomic E-state index is 9.23. The zero-order valence-electron chi connectivity index (χ0n) is 10.0. The van der Waals surface area contributed by atoms with E-state index in [1.807, 2.05) is 0 Å². The topological polar surface area (TPSA) is 23.5 Å². The first-order valence-electron chi connectivity index (χ1n) is 6.20. The van der Waals surface area contributed by atoms with Gasteiger partial charge in [0.1, 0.15) is 0 Å². The van der Waals surface area contributed by atoms with Gasteiger partial charge in [-0.15, -0.1) is 0 Å². The second-order valence-corrected chi connectivity index (χ2v) is 4.75. The molecule has 1 saturated heterocycles. The molecule has 16 heavy (non-hydrogen) atoms. The van der Waals surface area contributed by atoms with Gasteiger partial charge in [-0.1, -0.05) is 29.8 Å². The quantitative estimate of drug-likeness (QED) is 0.837. The van der Waals surface area contributed by atoms with Crippen molar-refractivity contribution in [1.29, 1.82) is 0 Å². The Hall–Kier alpha value is -0.860. The molecule has 0 bridgehead atoms. The highest BCUT2D eigenvalue weighted by atomic mass is 16.3. The van der Waals surface area contributed by atoms with Crippen molar-refractivity contribution < 1.29 is 5.11 Å². The Labute approximate surface area is 97.9 Å². The molecule has 1 aromatic rings. The van der Waals surface area contributed by atoms with Crippen molar-refractivity contribution in [3.8, 4) is 0 Å². The van der Waals surface area contributed by atoms with Gasteiger partial charge in [-0.3, -0.25) is 4.90 Å². The van der Waals surface area contributed by atoms with Gasteiger partial charge in [0, 0.05) is 12.6 Å². The van der Waals surface area contributed by atoms with Gasteiger partial charge in [0.15, 0.2) is 0 Å². The number of aliphatic hydroxyl groups excluding tert-OH is 1. The van der Waals surface area contributed by atoms with E-state index in [9.17, 15) is 5.11 Å². The average Bonchev–Trinajstić information content (AvgIpc) is 2.76. The molecular weight excluding hydrogens is 198 g/mol. The van der Waals surface area contributed by atoms with Crippen LogP contribution in [0, 0.1) is 6.92 Å². The first-order chi connectivity index (χ1) is 7.79. The Morgan fingerprint density at radius 1 is 1.31 bits per heavy atom. The van der Waals surface area contributed by atoms with E-state index in [1.54, 1.807) is 0 Å². The van der Waals surface area contributed by atoms with Gasteiger partial charge in [0.25, 0.3) is 0 Å². The Morgan fingerprint density at radius 3 is 2.75 bits per heavy atom. The van der Waals surface area contributed by atoms with E-state index in [-0.39, 0.29) is 0 Å². The summed E-state index contributed by atoms with van der Waals surface area (Å²) in [5, 5.41) is 9.23. The monoisotopic (exact) mass is 219 g/mol. The summed E-state index contributed by atoms with van der Waals surface area (Å²) < 4.78 is 0. The molecule has 1 N–H and O–H groups in total. The number of aryl methyl sites for hydroxylation is 1. The predicted octanol–water partition coefficient (Wildman–Crippen LogP) is 1.99. The lowest BCUT2D eigenvalue weighted by molar-refractivity contribution is 0.160. The molecule has 0 aliphatic carbocycles. The number of likely N-dealkylation sites (tertiary alicyclic amines) is 1. The fourth-order valence-corrected chi connectivity index (χ4v) is 2.42. The molecule has 0 amide bonds. The van der Waals surface area contributed by atoms with Gasteiger partial charge >= 0.3 is 0 Å². The molecule has 1 aromatic carbocycles. The summed E-state index contributed by atoms with van der Waals surface area (Å²) in [5.41, 5.74) is 2.72. The Morgan fingerprint density at radius 2 is 2.06 bits per heavy atom. The van der Waals surface area contributed by atoms with Gasteiger partial charge in [0.2, 0.25) is 0 Å². The summed E-state index contributed by atoms with van der Waals surface area (Å²) in [7, 11) is 0. The normalized spacial score (nSPS) is 21.5. The maximum Gasteiger partial charge on any atom is 0.0586 e. The molecule has 0 radical (unpaired) electrons. The van der Waals surface area contributed by atoms with Crippen LogP contribution in [0.5, 0.6) is 0 Å². The highest BCUT2D eigenvalue weighted by Gasteiger charge is 2.22. The van der Waals surface area contributed by atoms with Crippen LogP contribution in [-0.2, 0) is 6.42 Å². The minimum absolute atomic E-state index is 0.313. The largest absolute Gasteiger partial charge is 0.395 e. The number of hydrogen-bond donors (Lipinski definition) is 1. The van der Waals surface area contributed by atoms with E-state index in [0.717, 1.165) is 25.9 Å². The molecule has 1 aliphatic heterocycles. The summed E-state index contributed by atoms with van der Waals surface area (Å²) in [6, 6.07) is 9.16. The van der Waals surface area contributed by atoms with E-state index < -0.39 is 0 Å². The lowest BCUT2D eigenvalue weighted by atomic mass is 10.1. The summed E-state index contributed by atoms with van der Waals surface area (Å²) >= 11 is 0. The van der Waals surface area contributed by atoms with Crippen LogP contribution in [0.4, 0.5) is 0 Å². The van der Waals surface area contributed by atoms with Gasteiger partial charge < -0.3 is 5.11 Å². The highest BCUT2D eigenvalue weighted by molar-refractivity contribution is 5.21. The third kappa shape index (κ3) is 2.83. The predicted molar refractivity (Wildman–Crippen MR) is 66.6 cm³/mol. The molecule has 1 heterocycles. The molecule has 1 atom stereocenters. The van der Waals surface area contributed by atoms with E-state index >= 15 is 0 Å². The minimum atomic E-state index is 0.313. The van der Waals surface area contributed by atoms with Crippen LogP contribution in [0.3, 0.4) is 0 Å². The minimum Gasteiger partial charge on any atom is -0.395 e. The fourth-order valence-electron chi connectivity index (χ4n) is 2.42. The van der Waals surface area contributed by atoms with Crippen LogP contribution in [0.2, 0.25) is 0 Å². The van der Waals surface area contributed by atoms with Gasteiger partial charge in [-0.05, 0) is 38.3 Å². The lowest BCUT2D eigenvalue weighted by Crippen LogP contribution is -2.33. The third-order valence-corrected chi connectivity index (χ3v) is 3.52. The van der Waals surface area contributed by atoms with Crippen LogP contribution in [0.25, 0.3) is 0 Å². The second-order valence-electron chi connectivity index (χ2n) is 4.75. The average molecular weight is 219 g/mol. The standard InChI is InChI=1S/C14H21NO/c1-12-4-6-13(7-5-12)8-10-15-9-2-3-14(15)11-16/h4-7,14,16H,2-3,8-11H2,1H3/t14-/m1/s1. The molecule has 1 fully saturated rings. The smallest absolute Gasteiger partial charge is 0.0586 e. The number of aliphatic hydroxyl groups is 1. The molecule has 1 aliphatic rings. The summed E-state index contributed by atoms with van der Waals surface area (Å²) in [6.07, 6.45) is 3.49.